The van der Waals surface area contributed by atoms with Gasteiger partial charge in [-0.15, -0.1) is 0 Å². The van der Waals surface area contributed by atoms with Crippen LogP contribution in [0.5, 0.6) is 0 Å². The fourth-order valence-electron chi connectivity index (χ4n) is 1.50. The molecule has 0 amide bonds. The second-order valence-corrected chi connectivity index (χ2v) is 2.81. The van der Waals surface area contributed by atoms with E-state index in [0.717, 1.165) is 19.1 Å². The van der Waals surface area contributed by atoms with Crippen molar-refractivity contribution in [2.24, 2.45) is 5.92 Å². The molecule has 1 aliphatic heterocycles. The van der Waals surface area contributed by atoms with Crippen LogP contribution in [0.3, 0.4) is 0 Å². The molecular weight excluding hydrogens is 124 g/mol. The molecule has 0 aromatic rings. The number of hydrogen-bond acceptors (Lipinski definition) is 1. The van der Waals surface area contributed by atoms with Gasteiger partial charge >= 0.3 is 0 Å². The molecule has 0 N–H and O–H groups in total. The Kier molecular flexibility index (Phi) is 2.94. The summed E-state index contributed by atoms with van der Waals surface area (Å²) >= 11 is 0. The summed E-state index contributed by atoms with van der Waals surface area (Å²) in [7, 11) is 0. The summed E-state index contributed by atoms with van der Waals surface area (Å²) < 4.78 is 5.34. The number of hydrogen-bond donors (Lipinski definition) is 0. The van der Waals surface area contributed by atoms with Crippen molar-refractivity contribution < 1.29 is 4.74 Å². The summed E-state index contributed by atoms with van der Waals surface area (Å²) in [5, 5.41) is 0. The predicted octanol–water partition coefficient (Wildman–Crippen LogP) is 2.38. The second-order valence-electron chi connectivity index (χ2n) is 2.81. The Morgan fingerprint density at radius 3 is 3.00 bits per heavy atom. The van der Waals surface area contributed by atoms with Crippen LogP contribution < -0.4 is 0 Å². The lowest BCUT2D eigenvalue weighted by molar-refractivity contribution is 0.106. The van der Waals surface area contributed by atoms with Gasteiger partial charge in [0.05, 0.1) is 6.61 Å². The maximum atomic E-state index is 5.34. The summed E-state index contributed by atoms with van der Waals surface area (Å²) in [6.07, 6.45) is 4.69. The summed E-state index contributed by atoms with van der Waals surface area (Å²) in [4.78, 5) is 0. The van der Waals surface area contributed by atoms with Crippen molar-refractivity contribution >= 4 is 0 Å². The van der Waals surface area contributed by atoms with E-state index < -0.39 is 0 Å². The summed E-state index contributed by atoms with van der Waals surface area (Å²) in [6.45, 7) is 6.18. The van der Waals surface area contributed by atoms with E-state index in [2.05, 4.69) is 19.9 Å². The van der Waals surface area contributed by atoms with Gasteiger partial charge < -0.3 is 4.74 Å². The van der Waals surface area contributed by atoms with Gasteiger partial charge in [0.2, 0.25) is 0 Å². The lowest BCUT2D eigenvalue weighted by Crippen LogP contribution is -2.18. The average Bonchev–Trinajstić information content (AvgIpc) is 2.04. The molecule has 0 saturated carbocycles. The lowest BCUT2D eigenvalue weighted by Gasteiger charge is -2.24. The van der Waals surface area contributed by atoms with E-state index in [4.69, 9.17) is 4.74 Å². The molecule has 1 fully saturated rings. The first-order chi connectivity index (χ1) is 4.88. The minimum atomic E-state index is 0.804. The van der Waals surface area contributed by atoms with E-state index in [1.54, 1.807) is 0 Å². The Balaban J connectivity index is 2.50. The molecular formula is C9H16O. The molecule has 1 saturated heterocycles. The fraction of sp³-hybridized carbons (Fsp3) is 0.778. The topological polar surface area (TPSA) is 9.23 Å². The van der Waals surface area contributed by atoms with Crippen LogP contribution in [-0.2, 0) is 4.74 Å². The molecule has 0 spiro atoms. The lowest BCUT2D eigenvalue weighted by atomic mass is 9.92. The third-order valence-electron chi connectivity index (χ3n) is 2.27. The average molecular weight is 140 g/mol. The Bertz CT molecular complexity index is 127. The zero-order chi connectivity index (χ0) is 7.40. The third kappa shape index (κ3) is 1.60. The number of rotatable bonds is 1. The first-order valence-electron chi connectivity index (χ1n) is 4.11. The molecule has 1 rings (SSSR count). The van der Waals surface area contributed by atoms with E-state index >= 15 is 0 Å². The van der Waals surface area contributed by atoms with Gasteiger partial charge in [0.15, 0.2) is 0 Å². The maximum absolute atomic E-state index is 5.34. The summed E-state index contributed by atoms with van der Waals surface area (Å²) in [5.41, 5.74) is 1.49. The van der Waals surface area contributed by atoms with Crippen molar-refractivity contribution in [1.82, 2.24) is 0 Å². The molecule has 1 heteroatoms. The third-order valence-corrected chi connectivity index (χ3v) is 2.27. The van der Waals surface area contributed by atoms with Gasteiger partial charge in [-0.25, -0.2) is 0 Å². The van der Waals surface area contributed by atoms with Crippen LogP contribution in [0.15, 0.2) is 11.6 Å². The van der Waals surface area contributed by atoms with Gasteiger partial charge in [0.25, 0.3) is 0 Å². The van der Waals surface area contributed by atoms with Gasteiger partial charge in [0, 0.05) is 6.61 Å². The van der Waals surface area contributed by atoms with E-state index in [0.29, 0.717) is 0 Å². The second kappa shape index (κ2) is 3.77. The van der Waals surface area contributed by atoms with Crippen LogP contribution in [0.2, 0.25) is 0 Å². The van der Waals surface area contributed by atoms with Crippen LogP contribution in [0.25, 0.3) is 0 Å². The number of allylic oxidation sites excluding steroid dienone is 1. The van der Waals surface area contributed by atoms with E-state index in [1.165, 1.54) is 18.4 Å². The van der Waals surface area contributed by atoms with Gasteiger partial charge in [-0.05, 0) is 31.3 Å². The first-order valence-corrected chi connectivity index (χ1v) is 4.11. The Morgan fingerprint density at radius 2 is 2.50 bits per heavy atom. The van der Waals surface area contributed by atoms with E-state index in [9.17, 15) is 0 Å². The van der Waals surface area contributed by atoms with Crippen molar-refractivity contribution in [2.45, 2.75) is 26.7 Å². The first kappa shape index (κ1) is 7.80. The molecule has 0 aromatic heterocycles. The highest BCUT2D eigenvalue weighted by molar-refractivity contribution is 5.07. The largest absolute Gasteiger partial charge is 0.377 e. The fourth-order valence-corrected chi connectivity index (χ4v) is 1.50. The monoisotopic (exact) mass is 140 g/mol. The van der Waals surface area contributed by atoms with Gasteiger partial charge in [-0.3, -0.25) is 0 Å². The maximum Gasteiger partial charge on any atom is 0.0679 e. The van der Waals surface area contributed by atoms with Gasteiger partial charge in [-0.2, -0.15) is 0 Å². The Labute approximate surface area is 63.1 Å². The SMILES string of the molecule is C/C=C1/COCCC1CC. The van der Waals surface area contributed by atoms with Gasteiger partial charge in [0.1, 0.15) is 0 Å². The summed E-state index contributed by atoms with van der Waals surface area (Å²) in [6, 6.07) is 0. The Hall–Kier alpha value is -0.300. The van der Waals surface area contributed by atoms with Crippen LogP contribution >= 0.6 is 0 Å². The predicted molar refractivity (Wildman–Crippen MR) is 43.0 cm³/mol. The molecule has 58 valence electrons. The zero-order valence-electron chi connectivity index (χ0n) is 6.89. The molecule has 0 bridgehead atoms. The van der Waals surface area contributed by atoms with E-state index in [1.807, 2.05) is 0 Å². The minimum Gasteiger partial charge on any atom is -0.377 e. The van der Waals surface area contributed by atoms with E-state index in [-0.39, 0.29) is 0 Å². The van der Waals surface area contributed by atoms with Crippen molar-refractivity contribution in [2.75, 3.05) is 13.2 Å². The molecule has 1 atom stereocenters. The van der Waals surface area contributed by atoms with Gasteiger partial charge in [-0.1, -0.05) is 13.0 Å². The highest BCUT2D eigenvalue weighted by Crippen LogP contribution is 2.23. The zero-order valence-corrected chi connectivity index (χ0v) is 6.89. The smallest absolute Gasteiger partial charge is 0.0679 e. The summed E-state index contributed by atoms with van der Waals surface area (Å²) in [5.74, 6) is 0.804. The molecule has 1 heterocycles. The molecule has 10 heavy (non-hydrogen) atoms. The molecule has 1 nitrogen and oxygen atoms in total. The molecule has 1 unspecified atom stereocenters. The molecule has 1 aliphatic rings. The van der Waals surface area contributed by atoms with Crippen molar-refractivity contribution in [3.63, 3.8) is 0 Å². The van der Waals surface area contributed by atoms with Crippen LogP contribution in [0, 0.1) is 5.92 Å². The van der Waals surface area contributed by atoms with Crippen LogP contribution in [0.1, 0.15) is 26.7 Å². The quantitative estimate of drug-likeness (QED) is 0.508. The highest BCUT2D eigenvalue weighted by atomic mass is 16.5. The molecule has 0 aliphatic carbocycles. The van der Waals surface area contributed by atoms with Crippen molar-refractivity contribution in [3.05, 3.63) is 11.6 Å². The van der Waals surface area contributed by atoms with Crippen LogP contribution in [0.4, 0.5) is 0 Å². The van der Waals surface area contributed by atoms with Crippen molar-refractivity contribution in [3.8, 4) is 0 Å². The molecule has 0 radical (unpaired) electrons. The molecule has 0 aromatic carbocycles. The highest BCUT2D eigenvalue weighted by Gasteiger charge is 2.15. The van der Waals surface area contributed by atoms with Crippen LogP contribution in [-0.4, -0.2) is 13.2 Å². The number of ether oxygens (including phenoxy) is 1. The van der Waals surface area contributed by atoms with Crippen molar-refractivity contribution in [1.29, 1.82) is 0 Å². The standard InChI is InChI=1S/C9H16O/c1-3-8-5-6-10-7-9(8)4-2/h4,8H,3,5-7H2,1-2H3/b9-4-. The normalized spacial score (nSPS) is 31.0. The minimum absolute atomic E-state index is 0.804. The Morgan fingerprint density at radius 1 is 1.70 bits per heavy atom.